The first-order valence-electron chi connectivity index (χ1n) is 9.91. The molecule has 0 aromatic heterocycles. The Morgan fingerprint density at radius 2 is 1.07 bits per heavy atom. The van der Waals surface area contributed by atoms with E-state index in [1.54, 1.807) is 7.11 Å². The molecule has 0 amide bonds. The van der Waals surface area contributed by atoms with Crippen LogP contribution in [-0.2, 0) is 15.9 Å². The summed E-state index contributed by atoms with van der Waals surface area (Å²) in [5, 5.41) is 0. The van der Waals surface area contributed by atoms with Crippen LogP contribution in [0.2, 0.25) is 0 Å². The van der Waals surface area contributed by atoms with Crippen molar-refractivity contribution in [2.24, 2.45) is 0 Å². The van der Waals surface area contributed by atoms with Crippen LogP contribution in [0.1, 0.15) is 33.4 Å². The summed E-state index contributed by atoms with van der Waals surface area (Å²) in [4.78, 5) is 0. The van der Waals surface area contributed by atoms with E-state index >= 15 is 0 Å². The topological polar surface area (TPSA) is 18.5 Å². The fourth-order valence-electron chi connectivity index (χ4n) is 5.25. The van der Waals surface area contributed by atoms with Crippen molar-refractivity contribution in [1.29, 1.82) is 0 Å². The van der Waals surface area contributed by atoms with Crippen LogP contribution in [0.5, 0.6) is 5.75 Å². The van der Waals surface area contributed by atoms with E-state index < -0.39 is 11.2 Å². The lowest BCUT2D eigenvalue weighted by Gasteiger charge is -2.31. The van der Waals surface area contributed by atoms with E-state index in [0.29, 0.717) is 0 Å². The van der Waals surface area contributed by atoms with Crippen molar-refractivity contribution in [1.82, 2.24) is 0 Å². The molecule has 2 heteroatoms. The second-order valence-electron chi connectivity index (χ2n) is 7.62. The molecule has 4 aromatic rings. The lowest BCUT2D eigenvalue weighted by Crippen LogP contribution is -2.27. The van der Waals surface area contributed by atoms with Gasteiger partial charge in [0.15, 0.2) is 0 Å². The molecular weight excluding hydrogens is 356 g/mol. The third-order valence-electron chi connectivity index (χ3n) is 6.33. The lowest BCUT2D eigenvalue weighted by atomic mass is 9.68. The summed E-state index contributed by atoms with van der Waals surface area (Å²) in [5.74, 6) is 0.860. The second kappa shape index (κ2) is 5.82. The molecule has 0 saturated heterocycles. The molecule has 2 aliphatic heterocycles. The zero-order chi connectivity index (χ0) is 19.5. The summed E-state index contributed by atoms with van der Waals surface area (Å²) >= 11 is 0. The Labute approximate surface area is 170 Å². The molecule has 2 bridgehead atoms. The fraction of sp³-hybridized carbons (Fsp3) is 0.111. The van der Waals surface area contributed by atoms with E-state index in [0.717, 1.165) is 28.0 Å². The molecule has 0 radical (unpaired) electrons. The minimum Gasteiger partial charge on any atom is -0.496 e. The highest BCUT2D eigenvalue weighted by molar-refractivity contribution is 5.72. The van der Waals surface area contributed by atoms with Gasteiger partial charge in [-0.25, -0.2) is 0 Å². The maximum atomic E-state index is 7.22. The minimum atomic E-state index is -0.699. The van der Waals surface area contributed by atoms with Gasteiger partial charge < -0.3 is 9.47 Å². The summed E-state index contributed by atoms with van der Waals surface area (Å²) in [5.41, 5.74) is 5.56. The fourth-order valence-corrected chi connectivity index (χ4v) is 5.25. The Morgan fingerprint density at radius 3 is 1.69 bits per heavy atom. The van der Waals surface area contributed by atoms with Crippen LogP contribution in [-0.4, -0.2) is 7.11 Å². The first-order valence-corrected chi connectivity index (χ1v) is 9.91. The van der Waals surface area contributed by atoms with Crippen molar-refractivity contribution in [3.05, 3.63) is 137 Å². The van der Waals surface area contributed by atoms with Gasteiger partial charge in [0.05, 0.1) is 7.11 Å². The van der Waals surface area contributed by atoms with E-state index in [4.69, 9.17) is 9.47 Å². The largest absolute Gasteiger partial charge is 0.496 e. The Bertz CT molecular complexity index is 1220. The van der Waals surface area contributed by atoms with Gasteiger partial charge >= 0.3 is 0 Å². The zero-order valence-corrected chi connectivity index (χ0v) is 16.1. The van der Waals surface area contributed by atoms with Gasteiger partial charge in [-0.1, -0.05) is 97.1 Å². The SMILES string of the molecule is COc1cccc2c1[C@]1(c3ccccc3)O[C@@]2(c2ccccc2)c2ccccc21. The Morgan fingerprint density at radius 1 is 0.552 bits per heavy atom. The predicted octanol–water partition coefficient (Wildman–Crippen LogP) is 5.62. The number of benzene rings is 4. The van der Waals surface area contributed by atoms with Gasteiger partial charge in [-0.05, 0) is 28.3 Å². The standard InChI is InChI=1S/C27H20O2/c1-28-24-18-10-17-23-25(24)27(20-13-6-3-7-14-20)22-16-9-8-15-21(22)26(23,29-27)19-11-4-2-5-12-19/h2-18H,1H3/t26-,27+/m0/s1. The summed E-state index contributed by atoms with van der Waals surface area (Å²) < 4.78 is 13.1. The van der Waals surface area contributed by atoms with Gasteiger partial charge in [0.25, 0.3) is 0 Å². The van der Waals surface area contributed by atoms with Gasteiger partial charge in [-0.15, -0.1) is 0 Å². The molecule has 140 valence electrons. The van der Waals surface area contributed by atoms with Crippen molar-refractivity contribution < 1.29 is 9.47 Å². The van der Waals surface area contributed by atoms with Crippen LogP contribution in [0.25, 0.3) is 0 Å². The van der Waals surface area contributed by atoms with Gasteiger partial charge in [-0.2, -0.15) is 0 Å². The first-order chi connectivity index (χ1) is 14.3. The van der Waals surface area contributed by atoms with Crippen molar-refractivity contribution in [3.8, 4) is 5.75 Å². The Kier molecular flexibility index (Phi) is 3.33. The monoisotopic (exact) mass is 376 g/mol. The Balaban J connectivity index is 1.81. The van der Waals surface area contributed by atoms with E-state index in [1.807, 2.05) is 18.2 Å². The van der Waals surface area contributed by atoms with Crippen LogP contribution in [0.3, 0.4) is 0 Å². The third kappa shape index (κ3) is 1.89. The predicted molar refractivity (Wildman–Crippen MR) is 113 cm³/mol. The van der Waals surface area contributed by atoms with Crippen molar-refractivity contribution in [2.45, 2.75) is 11.2 Å². The molecule has 0 spiro atoms. The van der Waals surface area contributed by atoms with Crippen LogP contribution in [0, 0.1) is 0 Å². The Hall–Kier alpha value is -3.36. The van der Waals surface area contributed by atoms with Crippen LogP contribution in [0.4, 0.5) is 0 Å². The summed E-state index contributed by atoms with van der Waals surface area (Å²) in [7, 11) is 1.74. The third-order valence-corrected chi connectivity index (χ3v) is 6.33. The van der Waals surface area contributed by atoms with Gasteiger partial charge in [0.1, 0.15) is 17.0 Å². The molecule has 6 rings (SSSR count). The van der Waals surface area contributed by atoms with Crippen LogP contribution in [0.15, 0.2) is 103 Å². The first kappa shape index (κ1) is 16.6. The molecule has 4 aromatic carbocycles. The number of hydrogen-bond donors (Lipinski definition) is 0. The molecule has 0 saturated carbocycles. The number of methoxy groups -OCH3 is 1. The average molecular weight is 376 g/mol. The summed E-state index contributed by atoms with van der Waals surface area (Å²) in [6, 6.07) is 35.9. The van der Waals surface area contributed by atoms with Crippen molar-refractivity contribution >= 4 is 0 Å². The maximum absolute atomic E-state index is 7.22. The number of rotatable bonds is 3. The molecule has 29 heavy (non-hydrogen) atoms. The normalized spacial score (nSPS) is 23.5. The highest BCUT2D eigenvalue weighted by atomic mass is 16.5. The van der Waals surface area contributed by atoms with Gasteiger partial charge in [-0.3, -0.25) is 0 Å². The van der Waals surface area contributed by atoms with Gasteiger partial charge in [0, 0.05) is 11.1 Å². The molecular formula is C27H20O2. The smallest absolute Gasteiger partial charge is 0.150 e. The van der Waals surface area contributed by atoms with E-state index in [1.165, 1.54) is 11.1 Å². The van der Waals surface area contributed by atoms with E-state index in [9.17, 15) is 0 Å². The maximum Gasteiger partial charge on any atom is 0.150 e. The van der Waals surface area contributed by atoms with Gasteiger partial charge in [0.2, 0.25) is 0 Å². The van der Waals surface area contributed by atoms with Crippen LogP contribution >= 0.6 is 0 Å². The molecule has 2 nitrogen and oxygen atoms in total. The quantitative estimate of drug-likeness (QED) is 0.462. The minimum absolute atomic E-state index is 0.655. The second-order valence-corrected chi connectivity index (χ2v) is 7.62. The summed E-state index contributed by atoms with van der Waals surface area (Å²) in [6.07, 6.45) is 0. The molecule has 0 aliphatic carbocycles. The molecule has 0 N–H and O–H groups in total. The number of hydrogen-bond acceptors (Lipinski definition) is 2. The van der Waals surface area contributed by atoms with E-state index in [-0.39, 0.29) is 0 Å². The highest BCUT2D eigenvalue weighted by Crippen LogP contribution is 2.67. The molecule has 2 aliphatic rings. The highest BCUT2D eigenvalue weighted by Gasteiger charge is 2.65. The summed E-state index contributed by atoms with van der Waals surface area (Å²) in [6.45, 7) is 0. The van der Waals surface area contributed by atoms with Crippen molar-refractivity contribution in [3.63, 3.8) is 0 Å². The zero-order valence-electron chi connectivity index (χ0n) is 16.1. The van der Waals surface area contributed by atoms with E-state index in [2.05, 4.69) is 84.9 Å². The molecule has 2 heterocycles. The van der Waals surface area contributed by atoms with Crippen LogP contribution < -0.4 is 4.74 Å². The number of fused-ring (bicyclic) bond motifs is 8. The number of ether oxygens (including phenoxy) is 2. The lowest BCUT2D eigenvalue weighted by molar-refractivity contribution is -0.0263. The average Bonchev–Trinajstić information content (AvgIpc) is 3.30. The van der Waals surface area contributed by atoms with Crippen molar-refractivity contribution in [2.75, 3.05) is 7.11 Å². The molecule has 0 unspecified atom stereocenters. The molecule has 0 fully saturated rings. The molecule has 2 atom stereocenters.